The first-order valence-electron chi connectivity index (χ1n) is 4.10. The number of pyridine rings is 2. The quantitative estimate of drug-likeness (QED) is 0.723. The van der Waals surface area contributed by atoms with Crippen LogP contribution in [-0.4, -0.2) is 9.97 Å². The van der Waals surface area contributed by atoms with E-state index in [4.69, 9.17) is 23.2 Å². The minimum atomic E-state index is -0.648. The molecule has 16 heavy (non-hydrogen) atoms. The van der Waals surface area contributed by atoms with Crippen LogP contribution in [0.15, 0.2) is 36.9 Å². The van der Waals surface area contributed by atoms with Gasteiger partial charge in [0.15, 0.2) is 0 Å². The molecule has 0 saturated carbocycles. The lowest BCUT2D eigenvalue weighted by Crippen LogP contribution is -1.78. The van der Waals surface area contributed by atoms with Crippen molar-refractivity contribution in [2.45, 2.75) is 0 Å². The molecule has 0 fully saturated rings. The zero-order chi connectivity index (χ0) is 12.0. The fraction of sp³-hybridized carbons (Fsp3) is 0. The summed E-state index contributed by atoms with van der Waals surface area (Å²) in [6, 6.07) is 2.41. The molecule has 2 heterocycles. The molecule has 0 radical (unpaired) electrons. The number of nitrogens with zero attached hydrogens (tertiary/aromatic N) is 2. The van der Waals surface area contributed by atoms with Gasteiger partial charge in [0.05, 0.1) is 22.4 Å². The van der Waals surface area contributed by atoms with Gasteiger partial charge in [-0.2, -0.15) is 0 Å². The molecule has 2 aromatic rings. The molecule has 0 atom stereocenters. The third kappa shape index (κ3) is 5.00. The SMILES string of the molecule is Clc1cncc(Cl)c1.Fc1cncc(F)c1. The summed E-state index contributed by atoms with van der Waals surface area (Å²) in [6.07, 6.45) is 4.97. The van der Waals surface area contributed by atoms with Crippen molar-refractivity contribution in [1.82, 2.24) is 9.97 Å². The van der Waals surface area contributed by atoms with Crippen LogP contribution in [0.25, 0.3) is 0 Å². The molecule has 0 aliphatic carbocycles. The highest BCUT2D eigenvalue weighted by atomic mass is 35.5. The van der Waals surface area contributed by atoms with Crippen LogP contribution in [0, 0.1) is 11.6 Å². The first-order valence-corrected chi connectivity index (χ1v) is 4.85. The predicted molar refractivity (Wildman–Crippen MR) is 58.4 cm³/mol. The van der Waals surface area contributed by atoms with Crippen molar-refractivity contribution >= 4 is 23.2 Å². The van der Waals surface area contributed by atoms with Gasteiger partial charge in [0, 0.05) is 18.5 Å². The van der Waals surface area contributed by atoms with Crippen molar-refractivity contribution in [2.75, 3.05) is 0 Å². The molecule has 0 aliphatic rings. The maximum Gasteiger partial charge on any atom is 0.144 e. The molecule has 0 aromatic carbocycles. The number of rotatable bonds is 0. The minimum absolute atomic E-state index is 0.567. The Morgan fingerprint density at radius 3 is 1.44 bits per heavy atom. The molecule has 0 amide bonds. The summed E-state index contributed by atoms with van der Waals surface area (Å²) in [5, 5.41) is 1.13. The fourth-order valence-corrected chi connectivity index (χ4v) is 1.18. The maximum absolute atomic E-state index is 11.9. The lowest BCUT2D eigenvalue weighted by atomic mass is 10.5. The van der Waals surface area contributed by atoms with E-state index >= 15 is 0 Å². The summed E-state index contributed by atoms with van der Waals surface area (Å²) >= 11 is 11.0. The molecule has 0 unspecified atom stereocenters. The Hall–Kier alpha value is -1.26. The van der Waals surface area contributed by atoms with Crippen molar-refractivity contribution in [3.63, 3.8) is 0 Å². The van der Waals surface area contributed by atoms with Crippen LogP contribution in [0.3, 0.4) is 0 Å². The predicted octanol–water partition coefficient (Wildman–Crippen LogP) is 3.75. The molecule has 2 rings (SSSR count). The summed E-state index contributed by atoms with van der Waals surface area (Å²) in [6.45, 7) is 0. The average molecular weight is 263 g/mol. The van der Waals surface area contributed by atoms with E-state index in [-0.39, 0.29) is 0 Å². The van der Waals surface area contributed by atoms with Gasteiger partial charge in [-0.05, 0) is 6.07 Å². The molecular weight excluding hydrogens is 257 g/mol. The second-order valence-corrected chi connectivity index (χ2v) is 3.52. The molecule has 84 valence electrons. The number of halogens is 4. The van der Waals surface area contributed by atoms with E-state index < -0.39 is 11.6 Å². The molecule has 6 heteroatoms. The van der Waals surface area contributed by atoms with E-state index in [1.54, 1.807) is 6.07 Å². The van der Waals surface area contributed by atoms with Gasteiger partial charge < -0.3 is 0 Å². The Balaban J connectivity index is 0.000000160. The van der Waals surface area contributed by atoms with E-state index in [9.17, 15) is 8.78 Å². The standard InChI is InChI=1S/C5H3Cl2N.C5H3F2N/c2*6-4-1-5(7)3-8-2-4/h2*1-3H. The summed E-state index contributed by atoms with van der Waals surface area (Å²) in [7, 11) is 0. The lowest BCUT2D eigenvalue weighted by molar-refractivity contribution is 0.573. The first-order chi connectivity index (χ1) is 7.58. The van der Waals surface area contributed by atoms with Crippen molar-refractivity contribution in [2.24, 2.45) is 0 Å². The molecule has 0 aliphatic heterocycles. The zero-order valence-electron chi connectivity index (χ0n) is 7.87. The van der Waals surface area contributed by atoms with Crippen molar-refractivity contribution in [3.8, 4) is 0 Å². The van der Waals surface area contributed by atoms with Gasteiger partial charge in [-0.25, -0.2) is 8.78 Å². The van der Waals surface area contributed by atoms with Crippen molar-refractivity contribution in [3.05, 3.63) is 58.6 Å². The van der Waals surface area contributed by atoms with Gasteiger partial charge >= 0.3 is 0 Å². The van der Waals surface area contributed by atoms with Crippen LogP contribution < -0.4 is 0 Å². The van der Waals surface area contributed by atoms with E-state index in [1.165, 1.54) is 12.4 Å². The molecule has 0 bridgehead atoms. The second kappa shape index (κ2) is 6.35. The van der Waals surface area contributed by atoms with Gasteiger partial charge in [0.2, 0.25) is 0 Å². The Kier molecular flexibility index (Phi) is 5.08. The van der Waals surface area contributed by atoms with Crippen LogP contribution in [0.2, 0.25) is 10.0 Å². The molecule has 0 saturated heterocycles. The smallest absolute Gasteiger partial charge is 0.144 e. The normalized spacial score (nSPS) is 9.25. The van der Waals surface area contributed by atoms with Gasteiger partial charge in [-0.15, -0.1) is 0 Å². The largest absolute Gasteiger partial charge is 0.262 e. The molecule has 0 N–H and O–H groups in total. The van der Waals surface area contributed by atoms with Gasteiger partial charge in [-0.3, -0.25) is 9.97 Å². The molecular formula is C10H6Cl2F2N2. The van der Waals surface area contributed by atoms with E-state index in [0.717, 1.165) is 18.5 Å². The second-order valence-electron chi connectivity index (χ2n) is 2.64. The Morgan fingerprint density at radius 2 is 1.19 bits per heavy atom. The molecule has 0 spiro atoms. The highest BCUT2D eigenvalue weighted by Crippen LogP contribution is 2.11. The van der Waals surface area contributed by atoms with Crippen molar-refractivity contribution < 1.29 is 8.78 Å². The highest BCUT2D eigenvalue weighted by molar-refractivity contribution is 6.34. The van der Waals surface area contributed by atoms with E-state index in [2.05, 4.69) is 9.97 Å². The zero-order valence-corrected chi connectivity index (χ0v) is 9.38. The Labute approximate surface area is 101 Å². The topological polar surface area (TPSA) is 25.8 Å². The fourth-order valence-electron chi connectivity index (χ4n) is 0.772. The lowest BCUT2D eigenvalue weighted by Gasteiger charge is -1.85. The monoisotopic (exact) mass is 262 g/mol. The Bertz CT molecular complexity index is 388. The molecule has 2 aromatic heterocycles. The number of aromatic nitrogens is 2. The summed E-state index contributed by atoms with van der Waals surface area (Å²) in [5.74, 6) is -1.30. The Morgan fingerprint density at radius 1 is 0.750 bits per heavy atom. The van der Waals surface area contributed by atoms with Gasteiger partial charge in [0.1, 0.15) is 11.6 Å². The summed E-state index contributed by atoms with van der Waals surface area (Å²) < 4.78 is 23.7. The number of hydrogen-bond acceptors (Lipinski definition) is 2. The highest BCUT2D eigenvalue weighted by Gasteiger charge is 1.89. The van der Waals surface area contributed by atoms with Crippen molar-refractivity contribution in [1.29, 1.82) is 0 Å². The van der Waals surface area contributed by atoms with Crippen LogP contribution >= 0.6 is 23.2 Å². The first kappa shape index (κ1) is 12.8. The maximum atomic E-state index is 11.9. The van der Waals surface area contributed by atoms with Crippen LogP contribution in [0.1, 0.15) is 0 Å². The van der Waals surface area contributed by atoms with Crippen LogP contribution in [0.5, 0.6) is 0 Å². The summed E-state index contributed by atoms with van der Waals surface area (Å²) in [4.78, 5) is 6.95. The van der Waals surface area contributed by atoms with Gasteiger partial charge in [-0.1, -0.05) is 23.2 Å². The average Bonchev–Trinajstić information content (AvgIpc) is 2.17. The third-order valence-corrected chi connectivity index (χ3v) is 1.76. The van der Waals surface area contributed by atoms with Crippen LogP contribution in [0.4, 0.5) is 8.78 Å². The minimum Gasteiger partial charge on any atom is -0.262 e. The number of hydrogen-bond donors (Lipinski definition) is 0. The van der Waals surface area contributed by atoms with Gasteiger partial charge in [0.25, 0.3) is 0 Å². The molecule has 2 nitrogen and oxygen atoms in total. The van der Waals surface area contributed by atoms with Crippen LogP contribution in [-0.2, 0) is 0 Å². The summed E-state index contributed by atoms with van der Waals surface area (Å²) in [5.41, 5.74) is 0. The van der Waals surface area contributed by atoms with E-state index in [0.29, 0.717) is 10.0 Å². The van der Waals surface area contributed by atoms with E-state index in [1.807, 2.05) is 0 Å². The third-order valence-electron chi connectivity index (χ3n) is 1.34.